The van der Waals surface area contributed by atoms with Crippen molar-refractivity contribution in [3.63, 3.8) is 0 Å². The molecule has 15 heteroatoms. The largest absolute Gasteiger partial charge is 0.493 e. The van der Waals surface area contributed by atoms with Gasteiger partial charge in [-0.3, -0.25) is 14.7 Å². The fourth-order valence-corrected chi connectivity index (χ4v) is 8.52. The van der Waals surface area contributed by atoms with Crippen molar-refractivity contribution in [2.75, 3.05) is 40.4 Å². The minimum absolute atomic E-state index is 0.0234. The van der Waals surface area contributed by atoms with Gasteiger partial charge in [0.15, 0.2) is 11.4 Å². The smallest absolute Gasteiger partial charge is 0.410 e. The molecule has 0 atom stereocenters. The highest BCUT2D eigenvalue weighted by Gasteiger charge is 2.39. The standard InChI is InChI=1S/C44H48Cl2N8O5/c1-27(55)52-17-14-31(15-18-52)54(42(56)59-43(2,3)4)21-28-11-12-35(50-41(28)58-7)34-10-8-9-32(37(34)45)33-13-16-48-39(38(33)46)29-19-36(57-6)40-49-30(23-53(40)20-29)22-51-25-44(5,24-47)26-51/h8-13,16,19-20,23,31H,14-15,17-18,21-22,25-26H2,1-7H3. The zero-order valence-electron chi connectivity index (χ0n) is 34.4. The van der Waals surface area contributed by atoms with Crippen LogP contribution in [0.4, 0.5) is 4.79 Å². The highest BCUT2D eigenvalue weighted by atomic mass is 35.5. The second-order valence-electron chi connectivity index (χ2n) is 16.5. The van der Waals surface area contributed by atoms with Gasteiger partial charge in [-0.05, 0) is 64.8 Å². The van der Waals surface area contributed by atoms with Crippen molar-refractivity contribution in [3.8, 4) is 51.3 Å². The molecular formula is C44H48Cl2N8O5. The van der Waals surface area contributed by atoms with Crippen LogP contribution in [0.1, 0.15) is 58.7 Å². The number of methoxy groups -OCH3 is 2. The first-order valence-electron chi connectivity index (χ1n) is 19.5. The summed E-state index contributed by atoms with van der Waals surface area (Å²) >= 11 is 14.4. The molecule has 0 spiro atoms. The summed E-state index contributed by atoms with van der Waals surface area (Å²) in [6.45, 7) is 12.4. The maximum Gasteiger partial charge on any atom is 0.410 e. The van der Waals surface area contributed by atoms with Crippen LogP contribution in [0.2, 0.25) is 10.0 Å². The lowest BCUT2D eigenvalue weighted by atomic mass is 9.84. The molecule has 5 aromatic rings. The van der Waals surface area contributed by atoms with Crippen molar-refractivity contribution in [1.82, 2.24) is 34.1 Å². The molecular weight excluding hydrogens is 791 g/mol. The molecule has 13 nitrogen and oxygen atoms in total. The van der Waals surface area contributed by atoms with E-state index >= 15 is 0 Å². The molecule has 2 saturated heterocycles. The number of piperidine rings is 1. The van der Waals surface area contributed by atoms with Crippen LogP contribution in [-0.4, -0.2) is 98.1 Å². The van der Waals surface area contributed by atoms with Gasteiger partial charge in [-0.15, -0.1) is 0 Å². The first-order valence-corrected chi connectivity index (χ1v) is 20.3. The number of amides is 2. The Morgan fingerprint density at radius 2 is 1.69 bits per heavy atom. The number of hydrogen-bond donors (Lipinski definition) is 0. The van der Waals surface area contributed by atoms with Crippen LogP contribution in [0.15, 0.2) is 61.1 Å². The number of carbonyl (C=O) groups is 2. The van der Waals surface area contributed by atoms with Crippen LogP contribution >= 0.6 is 23.2 Å². The second-order valence-corrected chi connectivity index (χ2v) is 17.2. The minimum atomic E-state index is -0.691. The first-order chi connectivity index (χ1) is 28.1. The summed E-state index contributed by atoms with van der Waals surface area (Å²) in [6, 6.07) is 15.4. The van der Waals surface area contributed by atoms with E-state index in [1.54, 1.807) is 37.1 Å². The van der Waals surface area contributed by atoms with Crippen molar-refractivity contribution < 1.29 is 23.8 Å². The number of carbonyl (C=O) groups excluding carboxylic acids is 2. The number of imidazole rings is 1. The van der Waals surface area contributed by atoms with E-state index in [0.717, 1.165) is 11.3 Å². The number of ether oxygens (including phenoxy) is 3. The third-order valence-electron chi connectivity index (χ3n) is 10.8. The van der Waals surface area contributed by atoms with Crippen molar-refractivity contribution in [2.24, 2.45) is 5.41 Å². The molecule has 7 rings (SSSR count). The Balaban J connectivity index is 1.17. The molecule has 0 bridgehead atoms. The zero-order chi connectivity index (χ0) is 42.2. The third kappa shape index (κ3) is 8.81. The molecule has 4 aromatic heterocycles. The van der Waals surface area contributed by atoms with E-state index in [4.69, 9.17) is 47.4 Å². The lowest BCUT2D eigenvalue weighted by Crippen LogP contribution is -2.53. The molecule has 0 unspecified atom stereocenters. The van der Waals surface area contributed by atoms with Crippen LogP contribution in [0.5, 0.6) is 11.6 Å². The average molecular weight is 840 g/mol. The number of pyridine rings is 3. The molecule has 0 N–H and O–H groups in total. The van der Waals surface area contributed by atoms with Gasteiger partial charge in [-0.1, -0.05) is 41.4 Å². The van der Waals surface area contributed by atoms with E-state index in [2.05, 4.69) is 16.0 Å². The Labute approximate surface area is 354 Å². The van der Waals surface area contributed by atoms with E-state index in [-0.39, 0.29) is 23.9 Å². The summed E-state index contributed by atoms with van der Waals surface area (Å²) in [5.41, 5.74) is 5.09. The number of likely N-dealkylation sites (tertiary alicyclic amines) is 2. The van der Waals surface area contributed by atoms with Crippen molar-refractivity contribution >= 4 is 40.8 Å². The summed E-state index contributed by atoms with van der Waals surface area (Å²) in [4.78, 5) is 45.7. The van der Waals surface area contributed by atoms with Crippen LogP contribution in [0.25, 0.3) is 39.3 Å². The van der Waals surface area contributed by atoms with Crippen LogP contribution in [0, 0.1) is 16.7 Å². The van der Waals surface area contributed by atoms with Crippen molar-refractivity contribution in [1.29, 1.82) is 5.26 Å². The molecule has 2 amide bonds. The average Bonchev–Trinajstić information content (AvgIpc) is 3.61. The Morgan fingerprint density at radius 3 is 2.36 bits per heavy atom. The number of aromatic nitrogens is 4. The minimum Gasteiger partial charge on any atom is -0.493 e. The van der Waals surface area contributed by atoms with Crippen LogP contribution < -0.4 is 9.47 Å². The molecule has 6 heterocycles. The SMILES string of the molecule is COc1nc(-c2cccc(-c3ccnc(-c4cc(OC)c5nc(CN6CC(C)(C#N)C6)cn5c4)c3Cl)c2Cl)ccc1CN(C(=O)OC(C)(C)C)C1CCN(C(C)=O)CC1. The lowest BCUT2D eigenvalue weighted by molar-refractivity contribution is -0.130. The van der Waals surface area contributed by atoms with Gasteiger partial charge in [0.1, 0.15) is 5.60 Å². The van der Waals surface area contributed by atoms with Gasteiger partial charge in [-0.2, -0.15) is 5.26 Å². The highest BCUT2D eigenvalue weighted by molar-refractivity contribution is 6.39. The molecule has 1 aromatic carbocycles. The maximum absolute atomic E-state index is 13.6. The monoisotopic (exact) mass is 838 g/mol. The number of nitriles is 1. The number of hydrogen-bond acceptors (Lipinski definition) is 10. The summed E-state index contributed by atoms with van der Waals surface area (Å²) in [5, 5.41) is 10.3. The highest BCUT2D eigenvalue weighted by Crippen LogP contribution is 2.42. The fourth-order valence-electron chi connectivity index (χ4n) is 7.87. The normalized spacial score (nSPS) is 15.7. The summed E-state index contributed by atoms with van der Waals surface area (Å²) in [7, 11) is 3.15. The number of benzene rings is 1. The van der Waals surface area contributed by atoms with E-state index in [1.807, 2.05) is 87.0 Å². The van der Waals surface area contributed by atoms with E-state index in [9.17, 15) is 14.9 Å². The van der Waals surface area contributed by atoms with Crippen molar-refractivity contribution in [3.05, 3.63) is 82.4 Å². The fraction of sp³-hybridized carbons (Fsp3) is 0.409. The molecule has 0 aliphatic carbocycles. The van der Waals surface area contributed by atoms with Crippen LogP contribution in [-0.2, 0) is 22.6 Å². The molecule has 2 fully saturated rings. The number of fused-ring (bicyclic) bond motifs is 1. The Kier molecular flexibility index (Phi) is 11.8. The van der Waals surface area contributed by atoms with Gasteiger partial charge in [0.25, 0.3) is 0 Å². The lowest BCUT2D eigenvalue weighted by Gasteiger charge is -2.42. The predicted octanol–water partition coefficient (Wildman–Crippen LogP) is 8.54. The number of nitrogens with zero attached hydrogens (tertiary/aromatic N) is 8. The Hall–Kier alpha value is -5.42. The molecule has 0 radical (unpaired) electrons. The molecule has 308 valence electrons. The predicted molar refractivity (Wildman–Crippen MR) is 226 cm³/mol. The van der Waals surface area contributed by atoms with Gasteiger partial charge in [0.05, 0.1) is 59.4 Å². The maximum atomic E-state index is 13.6. The Morgan fingerprint density at radius 1 is 0.983 bits per heavy atom. The molecule has 0 saturated carbocycles. The summed E-state index contributed by atoms with van der Waals surface area (Å²) in [5.74, 6) is 0.939. The van der Waals surface area contributed by atoms with Crippen molar-refractivity contribution in [2.45, 2.75) is 72.2 Å². The van der Waals surface area contributed by atoms with Gasteiger partial charge < -0.3 is 28.4 Å². The number of halogens is 2. The number of rotatable bonds is 10. The van der Waals surface area contributed by atoms with Crippen LogP contribution in [0.3, 0.4) is 0 Å². The van der Waals surface area contributed by atoms with Gasteiger partial charge in [0.2, 0.25) is 11.8 Å². The first kappa shape index (κ1) is 41.7. The Bertz CT molecular complexity index is 2440. The van der Waals surface area contributed by atoms with E-state index in [1.165, 1.54) is 0 Å². The quantitative estimate of drug-likeness (QED) is 0.135. The van der Waals surface area contributed by atoms with Gasteiger partial charge in [0, 0.05) is 92.1 Å². The summed E-state index contributed by atoms with van der Waals surface area (Å²) < 4.78 is 19.3. The molecule has 2 aliphatic rings. The van der Waals surface area contributed by atoms with E-state index in [0.29, 0.717) is 107 Å². The molecule has 2 aliphatic heterocycles. The third-order valence-corrected chi connectivity index (χ3v) is 11.6. The van der Waals surface area contributed by atoms with E-state index < -0.39 is 11.7 Å². The summed E-state index contributed by atoms with van der Waals surface area (Å²) in [6.07, 6.45) is 6.41. The molecule has 59 heavy (non-hydrogen) atoms. The van der Waals surface area contributed by atoms with Gasteiger partial charge >= 0.3 is 6.09 Å². The van der Waals surface area contributed by atoms with Gasteiger partial charge in [-0.25, -0.2) is 14.8 Å². The topological polar surface area (TPSA) is 138 Å². The zero-order valence-corrected chi connectivity index (χ0v) is 35.9. The second kappa shape index (κ2) is 16.7.